The zero-order valence-corrected chi connectivity index (χ0v) is 10.0. The topological polar surface area (TPSA) is 66.3 Å². The van der Waals surface area contributed by atoms with E-state index in [0.29, 0.717) is 23.4 Å². The predicted molar refractivity (Wildman–Crippen MR) is 60.4 cm³/mol. The van der Waals surface area contributed by atoms with Crippen molar-refractivity contribution in [2.75, 3.05) is 6.54 Å². The highest BCUT2D eigenvalue weighted by atomic mass is 32.1. The van der Waals surface area contributed by atoms with Crippen LogP contribution in [0.25, 0.3) is 0 Å². The van der Waals surface area contributed by atoms with Crippen LogP contribution in [0.1, 0.15) is 23.3 Å². The number of aliphatic hydroxyl groups is 1. The first-order chi connectivity index (χ1) is 8.25. The fourth-order valence-corrected chi connectivity index (χ4v) is 4.46. The van der Waals surface area contributed by atoms with Gasteiger partial charge in [-0.1, -0.05) is 0 Å². The molecule has 0 aromatic carbocycles. The normalized spacial score (nSPS) is 42.4. The SMILES string of the molecule is O=C(c1cnsn1)N1CC2CC3CC2C1C3O. The summed E-state index contributed by atoms with van der Waals surface area (Å²) >= 11 is 1.05. The van der Waals surface area contributed by atoms with Gasteiger partial charge in [0.25, 0.3) is 5.91 Å². The van der Waals surface area contributed by atoms with Gasteiger partial charge in [-0.25, -0.2) is 0 Å². The van der Waals surface area contributed by atoms with Gasteiger partial charge in [0.05, 0.1) is 30.1 Å². The molecule has 2 bridgehead atoms. The van der Waals surface area contributed by atoms with Crippen LogP contribution in [0.5, 0.6) is 0 Å². The summed E-state index contributed by atoms with van der Waals surface area (Å²) in [6, 6.07) is 0.0351. The van der Waals surface area contributed by atoms with E-state index in [1.807, 2.05) is 4.90 Å². The Balaban J connectivity index is 1.66. The number of amides is 1. The van der Waals surface area contributed by atoms with E-state index >= 15 is 0 Å². The van der Waals surface area contributed by atoms with Crippen LogP contribution in [-0.4, -0.2) is 43.4 Å². The second-order valence-electron chi connectivity index (χ2n) is 5.39. The third-order valence-corrected chi connectivity index (χ3v) is 5.17. The minimum Gasteiger partial charge on any atom is -0.391 e. The van der Waals surface area contributed by atoms with Gasteiger partial charge in [0.2, 0.25) is 0 Å². The molecule has 6 heteroatoms. The van der Waals surface area contributed by atoms with Crippen LogP contribution < -0.4 is 0 Å². The molecule has 1 aromatic rings. The molecule has 1 aromatic heterocycles. The lowest BCUT2D eigenvalue weighted by molar-refractivity contribution is 0.0399. The van der Waals surface area contributed by atoms with Crippen molar-refractivity contribution in [3.05, 3.63) is 11.9 Å². The summed E-state index contributed by atoms with van der Waals surface area (Å²) in [5.74, 6) is 1.48. The van der Waals surface area contributed by atoms with Gasteiger partial charge in [0.15, 0.2) is 5.69 Å². The summed E-state index contributed by atoms with van der Waals surface area (Å²) in [5.41, 5.74) is 0.423. The number of aromatic nitrogens is 2. The van der Waals surface area contributed by atoms with Crippen LogP contribution in [0.3, 0.4) is 0 Å². The number of aliphatic hydroxyl groups excluding tert-OH is 1. The Labute approximate surface area is 103 Å². The van der Waals surface area contributed by atoms with Gasteiger partial charge >= 0.3 is 0 Å². The van der Waals surface area contributed by atoms with Crippen LogP contribution in [0.2, 0.25) is 0 Å². The molecule has 1 aliphatic heterocycles. The van der Waals surface area contributed by atoms with Crippen molar-refractivity contribution in [2.45, 2.75) is 25.0 Å². The zero-order valence-electron chi connectivity index (χ0n) is 9.19. The summed E-state index contributed by atoms with van der Waals surface area (Å²) in [5, 5.41) is 10.2. The second-order valence-corrected chi connectivity index (χ2v) is 5.94. The van der Waals surface area contributed by atoms with Gasteiger partial charge < -0.3 is 10.0 Å². The molecule has 3 aliphatic rings. The van der Waals surface area contributed by atoms with E-state index in [2.05, 4.69) is 8.75 Å². The lowest BCUT2D eigenvalue weighted by atomic mass is 9.88. The molecule has 5 unspecified atom stereocenters. The molecule has 0 radical (unpaired) electrons. The van der Waals surface area contributed by atoms with E-state index in [1.54, 1.807) is 0 Å². The second kappa shape index (κ2) is 3.26. The summed E-state index contributed by atoms with van der Waals surface area (Å²) in [6.45, 7) is 0.791. The van der Waals surface area contributed by atoms with Gasteiger partial charge in [0, 0.05) is 6.54 Å². The van der Waals surface area contributed by atoms with Gasteiger partial charge in [-0.15, -0.1) is 0 Å². The summed E-state index contributed by atoms with van der Waals surface area (Å²) < 4.78 is 7.87. The Bertz CT molecular complexity index is 461. The maximum atomic E-state index is 12.3. The van der Waals surface area contributed by atoms with E-state index in [0.717, 1.165) is 31.1 Å². The van der Waals surface area contributed by atoms with E-state index in [-0.39, 0.29) is 18.1 Å². The maximum absolute atomic E-state index is 12.3. The predicted octanol–water partition coefficient (Wildman–Crippen LogP) is 0.379. The van der Waals surface area contributed by atoms with E-state index in [4.69, 9.17) is 0 Å². The van der Waals surface area contributed by atoms with E-state index in [1.165, 1.54) is 6.20 Å². The maximum Gasteiger partial charge on any atom is 0.275 e. The first kappa shape index (κ1) is 9.96. The van der Waals surface area contributed by atoms with Crippen molar-refractivity contribution in [3.8, 4) is 0 Å². The number of rotatable bonds is 1. The molecule has 4 rings (SSSR count). The molecule has 2 aliphatic carbocycles. The van der Waals surface area contributed by atoms with Crippen molar-refractivity contribution in [2.24, 2.45) is 17.8 Å². The Morgan fingerprint density at radius 2 is 2.35 bits per heavy atom. The third-order valence-electron chi connectivity index (χ3n) is 4.69. The summed E-state index contributed by atoms with van der Waals surface area (Å²) in [7, 11) is 0. The van der Waals surface area contributed by atoms with Crippen molar-refractivity contribution in [3.63, 3.8) is 0 Å². The number of fused-ring (bicyclic) bond motifs is 1. The average molecular weight is 251 g/mol. The van der Waals surface area contributed by atoms with Gasteiger partial charge in [-0.2, -0.15) is 8.75 Å². The molecular weight excluding hydrogens is 238 g/mol. The smallest absolute Gasteiger partial charge is 0.275 e. The number of nitrogens with zero attached hydrogens (tertiary/aromatic N) is 3. The average Bonchev–Trinajstić information content (AvgIpc) is 3.02. The molecule has 3 fully saturated rings. The van der Waals surface area contributed by atoms with E-state index in [9.17, 15) is 9.90 Å². The minimum absolute atomic E-state index is 0.0351. The fourth-order valence-electron chi connectivity index (χ4n) is 4.06. The zero-order chi connectivity index (χ0) is 11.6. The number of hydrogen-bond acceptors (Lipinski definition) is 5. The highest BCUT2D eigenvalue weighted by Crippen LogP contribution is 2.55. The minimum atomic E-state index is -0.325. The highest BCUT2D eigenvalue weighted by Gasteiger charge is 2.60. The Morgan fingerprint density at radius 1 is 1.47 bits per heavy atom. The van der Waals surface area contributed by atoms with E-state index < -0.39 is 0 Å². The van der Waals surface area contributed by atoms with Gasteiger partial charge in [-0.05, 0) is 30.6 Å². The molecular formula is C11H13N3O2S. The first-order valence-electron chi connectivity index (χ1n) is 6.02. The largest absolute Gasteiger partial charge is 0.391 e. The molecule has 1 N–H and O–H groups in total. The lowest BCUT2D eigenvalue weighted by Gasteiger charge is -2.28. The van der Waals surface area contributed by atoms with Crippen molar-refractivity contribution < 1.29 is 9.90 Å². The monoisotopic (exact) mass is 251 g/mol. The molecule has 1 saturated heterocycles. The molecule has 1 amide bonds. The molecule has 17 heavy (non-hydrogen) atoms. The van der Waals surface area contributed by atoms with Crippen molar-refractivity contribution in [1.29, 1.82) is 0 Å². The number of likely N-dealkylation sites (tertiary alicyclic amines) is 1. The number of carbonyl (C=O) groups excluding carboxylic acids is 1. The fraction of sp³-hybridized carbons (Fsp3) is 0.727. The van der Waals surface area contributed by atoms with Crippen molar-refractivity contribution >= 4 is 17.6 Å². The Hall–Kier alpha value is -1.01. The van der Waals surface area contributed by atoms with Crippen LogP contribution in [0.15, 0.2) is 6.20 Å². The molecule has 0 spiro atoms. The van der Waals surface area contributed by atoms with Crippen LogP contribution in [0, 0.1) is 17.8 Å². The quantitative estimate of drug-likeness (QED) is 0.783. The van der Waals surface area contributed by atoms with Crippen LogP contribution >= 0.6 is 11.7 Å². The molecule has 5 atom stereocenters. The molecule has 2 heterocycles. The molecule has 90 valence electrons. The van der Waals surface area contributed by atoms with Crippen LogP contribution in [-0.2, 0) is 0 Å². The molecule has 2 saturated carbocycles. The lowest BCUT2D eigenvalue weighted by Crippen LogP contribution is -2.43. The summed E-state index contributed by atoms with van der Waals surface area (Å²) in [6.07, 6.45) is 3.37. The Kier molecular flexibility index (Phi) is 1.91. The van der Waals surface area contributed by atoms with Gasteiger partial charge in [0.1, 0.15) is 0 Å². The highest BCUT2D eigenvalue weighted by molar-refractivity contribution is 6.99. The number of carbonyl (C=O) groups is 1. The third kappa shape index (κ3) is 1.20. The Morgan fingerprint density at radius 3 is 3.06 bits per heavy atom. The number of hydrogen-bond donors (Lipinski definition) is 1. The van der Waals surface area contributed by atoms with Gasteiger partial charge in [-0.3, -0.25) is 4.79 Å². The molecule has 5 nitrogen and oxygen atoms in total. The van der Waals surface area contributed by atoms with Crippen LogP contribution in [0.4, 0.5) is 0 Å². The summed E-state index contributed by atoms with van der Waals surface area (Å²) in [4.78, 5) is 14.1. The van der Waals surface area contributed by atoms with Crippen molar-refractivity contribution in [1.82, 2.24) is 13.6 Å². The standard InChI is InChI=1S/C11H13N3O2S/c15-10-5-1-6-4-14(9(10)7(6)2-5)11(16)8-3-12-17-13-8/h3,5-7,9-10,15H,1-2,4H2. The first-order valence-corrected chi connectivity index (χ1v) is 6.75.